The molecule has 3 heterocycles. The Hall–Kier alpha value is -2.45. The third-order valence-electron chi connectivity index (χ3n) is 5.35. The van der Waals surface area contributed by atoms with Gasteiger partial charge in [-0.2, -0.15) is 0 Å². The normalized spacial score (nSPS) is 17.4. The molecule has 0 aliphatic carbocycles. The molecule has 7 nitrogen and oxygen atoms in total. The second kappa shape index (κ2) is 7.52. The highest BCUT2D eigenvalue weighted by molar-refractivity contribution is 7.71. The summed E-state index contributed by atoms with van der Waals surface area (Å²) in [6.07, 6.45) is 2.19. The first kappa shape index (κ1) is 18.9. The monoisotopic (exact) mass is 399 g/mol. The number of aromatic nitrogens is 4. The zero-order chi connectivity index (χ0) is 19.8. The van der Waals surface area contributed by atoms with E-state index in [1.807, 2.05) is 41.1 Å². The fourth-order valence-corrected chi connectivity index (χ4v) is 4.36. The molecular weight excluding hydrogens is 374 g/mol. The summed E-state index contributed by atoms with van der Waals surface area (Å²) in [7, 11) is 3.37. The smallest absolute Gasteiger partial charge is 0.254 e. The maximum Gasteiger partial charge on any atom is 0.254 e. The van der Waals surface area contributed by atoms with Gasteiger partial charge in [-0.3, -0.25) is 9.30 Å². The van der Waals surface area contributed by atoms with E-state index in [0.29, 0.717) is 17.2 Å². The summed E-state index contributed by atoms with van der Waals surface area (Å²) in [6, 6.07) is 8.30. The highest BCUT2D eigenvalue weighted by atomic mass is 32.1. The Labute approximate surface area is 169 Å². The molecule has 148 valence electrons. The van der Waals surface area contributed by atoms with Gasteiger partial charge in [-0.15, -0.1) is 5.10 Å². The van der Waals surface area contributed by atoms with E-state index in [1.165, 1.54) is 5.56 Å². The van der Waals surface area contributed by atoms with Gasteiger partial charge in [0.25, 0.3) is 5.78 Å². The quantitative estimate of drug-likeness (QED) is 0.610. The average molecular weight is 400 g/mol. The van der Waals surface area contributed by atoms with Crippen molar-refractivity contribution in [3.8, 4) is 11.5 Å². The number of hydrogen-bond donors (Lipinski definition) is 0. The average Bonchev–Trinajstić information content (AvgIpc) is 3.26. The first-order valence-electron chi connectivity index (χ1n) is 9.41. The molecule has 0 bridgehead atoms. The van der Waals surface area contributed by atoms with Gasteiger partial charge in [0.2, 0.25) is 4.77 Å². The van der Waals surface area contributed by atoms with Crippen molar-refractivity contribution in [1.29, 1.82) is 0 Å². The number of hydrogen-bond acceptors (Lipinski definition) is 6. The SMILES string of the molecule is COc1ccc([C@H]2CCCN2Cn2nc3nc(C)cc(C)n3c2=S)c(OC)c1. The largest absolute Gasteiger partial charge is 0.497 e. The van der Waals surface area contributed by atoms with Crippen LogP contribution in [0.15, 0.2) is 24.3 Å². The van der Waals surface area contributed by atoms with Gasteiger partial charge in [0.1, 0.15) is 11.5 Å². The Kier molecular flexibility index (Phi) is 5.07. The maximum atomic E-state index is 5.68. The van der Waals surface area contributed by atoms with Crippen molar-refractivity contribution in [2.75, 3.05) is 20.8 Å². The van der Waals surface area contributed by atoms with Crippen LogP contribution in [0, 0.1) is 18.6 Å². The van der Waals surface area contributed by atoms with Gasteiger partial charge < -0.3 is 9.47 Å². The number of likely N-dealkylation sites (tertiary alicyclic amines) is 1. The first-order chi connectivity index (χ1) is 13.5. The van der Waals surface area contributed by atoms with E-state index < -0.39 is 0 Å². The number of nitrogens with zero attached hydrogens (tertiary/aromatic N) is 5. The zero-order valence-corrected chi connectivity index (χ0v) is 17.5. The second-order valence-corrected chi connectivity index (χ2v) is 7.54. The fraction of sp³-hybridized carbons (Fsp3) is 0.450. The summed E-state index contributed by atoms with van der Waals surface area (Å²) in [5.41, 5.74) is 3.16. The number of fused-ring (bicyclic) bond motifs is 1. The molecule has 2 aromatic heterocycles. The van der Waals surface area contributed by atoms with Crippen LogP contribution in [0.1, 0.15) is 35.8 Å². The summed E-state index contributed by atoms with van der Waals surface area (Å²) < 4.78 is 15.5. The summed E-state index contributed by atoms with van der Waals surface area (Å²) in [5.74, 6) is 2.30. The van der Waals surface area contributed by atoms with Crippen molar-refractivity contribution in [1.82, 2.24) is 24.1 Å². The minimum Gasteiger partial charge on any atom is -0.497 e. The van der Waals surface area contributed by atoms with Crippen LogP contribution < -0.4 is 9.47 Å². The van der Waals surface area contributed by atoms with Crippen molar-refractivity contribution in [2.24, 2.45) is 0 Å². The summed E-state index contributed by atoms with van der Waals surface area (Å²) in [5, 5.41) is 4.67. The van der Waals surface area contributed by atoms with E-state index in [2.05, 4.69) is 21.0 Å². The number of rotatable bonds is 5. The molecule has 0 N–H and O–H groups in total. The van der Waals surface area contributed by atoms with E-state index >= 15 is 0 Å². The maximum absolute atomic E-state index is 5.68. The molecule has 8 heteroatoms. The molecule has 1 fully saturated rings. The summed E-state index contributed by atoms with van der Waals surface area (Å²) in [4.78, 5) is 6.93. The number of benzene rings is 1. The van der Waals surface area contributed by atoms with Crippen LogP contribution in [0.4, 0.5) is 0 Å². The Morgan fingerprint density at radius 3 is 2.75 bits per heavy atom. The van der Waals surface area contributed by atoms with E-state index in [4.69, 9.17) is 21.7 Å². The minimum absolute atomic E-state index is 0.253. The van der Waals surface area contributed by atoms with Crippen LogP contribution in [-0.4, -0.2) is 44.8 Å². The zero-order valence-electron chi connectivity index (χ0n) is 16.7. The van der Waals surface area contributed by atoms with Crippen molar-refractivity contribution in [3.63, 3.8) is 0 Å². The lowest BCUT2D eigenvalue weighted by Gasteiger charge is -2.26. The highest BCUT2D eigenvalue weighted by Crippen LogP contribution is 2.38. The molecule has 1 saturated heterocycles. The molecule has 3 aromatic rings. The third-order valence-corrected chi connectivity index (χ3v) is 5.74. The number of methoxy groups -OCH3 is 2. The molecular formula is C20H25N5O2S. The van der Waals surface area contributed by atoms with Gasteiger partial charge in [0.15, 0.2) is 0 Å². The molecule has 4 rings (SSSR count). The molecule has 28 heavy (non-hydrogen) atoms. The Morgan fingerprint density at radius 1 is 1.18 bits per heavy atom. The van der Waals surface area contributed by atoms with Crippen LogP contribution in [-0.2, 0) is 6.67 Å². The molecule has 1 aliphatic heterocycles. The standard InChI is InChI=1S/C20H25N5O2S/c1-13-10-14(2)25-19(21-13)22-24(20(25)28)12-23-9-5-6-17(23)16-8-7-15(26-3)11-18(16)27-4/h7-8,10-11,17H,5-6,9,12H2,1-4H3/t17-/m1/s1. The van der Waals surface area contributed by atoms with Gasteiger partial charge in [0.05, 0.1) is 20.9 Å². The fourth-order valence-electron chi connectivity index (χ4n) is 4.04. The number of aryl methyl sites for hydroxylation is 2. The van der Waals surface area contributed by atoms with Crippen LogP contribution in [0.5, 0.6) is 11.5 Å². The first-order valence-corrected chi connectivity index (χ1v) is 9.82. The molecule has 0 radical (unpaired) electrons. The van der Waals surface area contributed by atoms with Crippen LogP contribution in [0.2, 0.25) is 0 Å². The Bertz CT molecular complexity index is 1070. The van der Waals surface area contributed by atoms with Gasteiger partial charge in [-0.1, -0.05) is 6.07 Å². The molecule has 0 amide bonds. The van der Waals surface area contributed by atoms with Crippen LogP contribution >= 0.6 is 12.2 Å². The Balaban J connectivity index is 1.67. The van der Waals surface area contributed by atoms with Gasteiger partial charge in [-0.25, -0.2) is 9.67 Å². The van der Waals surface area contributed by atoms with E-state index in [9.17, 15) is 0 Å². The minimum atomic E-state index is 0.253. The summed E-state index contributed by atoms with van der Waals surface area (Å²) >= 11 is 5.68. The predicted molar refractivity (Wildman–Crippen MR) is 110 cm³/mol. The third kappa shape index (κ3) is 3.27. The lowest BCUT2D eigenvalue weighted by atomic mass is 10.0. The number of ether oxygens (including phenoxy) is 2. The van der Waals surface area contributed by atoms with Gasteiger partial charge in [0, 0.05) is 35.6 Å². The second-order valence-electron chi connectivity index (χ2n) is 7.18. The lowest BCUT2D eigenvalue weighted by Crippen LogP contribution is -2.27. The predicted octanol–water partition coefficient (Wildman–Crippen LogP) is 3.69. The van der Waals surface area contributed by atoms with Crippen molar-refractivity contribution in [3.05, 3.63) is 46.0 Å². The molecule has 1 aliphatic rings. The van der Waals surface area contributed by atoms with Crippen molar-refractivity contribution >= 4 is 18.0 Å². The van der Waals surface area contributed by atoms with Gasteiger partial charge in [-0.05, 0) is 51.0 Å². The molecule has 0 spiro atoms. The van der Waals surface area contributed by atoms with Crippen LogP contribution in [0.3, 0.4) is 0 Å². The van der Waals surface area contributed by atoms with E-state index in [1.54, 1.807) is 14.2 Å². The van der Waals surface area contributed by atoms with E-state index in [-0.39, 0.29) is 6.04 Å². The molecule has 0 saturated carbocycles. The highest BCUT2D eigenvalue weighted by Gasteiger charge is 2.29. The van der Waals surface area contributed by atoms with Crippen LogP contribution in [0.25, 0.3) is 5.78 Å². The topological polar surface area (TPSA) is 56.8 Å². The van der Waals surface area contributed by atoms with E-state index in [0.717, 1.165) is 42.3 Å². The molecule has 0 unspecified atom stereocenters. The summed E-state index contributed by atoms with van der Waals surface area (Å²) in [6.45, 7) is 5.62. The van der Waals surface area contributed by atoms with Crippen molar-refractivity contribution < 1.29 is 9.47 Å². The lowest BCUT2D eigenvalue weighted by molar-refractivity contribution is 0.187. The van der Waals surface area contributed by atoms with Gasteiger partial charge >= 0.3 is 0 Å². The Morgan fingerprint density at radius 2 is 2.00 bits per heavy atom. The molecule has 1 atom stereocenters. The van der Waals surface area contributed by atoms with Crippen molar-refractivity contribution in [2.45, 2.75) is 39.4 Å². The molecule has 1 aromatic carbocycles.